The number of aliphatic hydroxyl groups excluding tert-OH is 1. The van der Waals surface area contributed by atoms with Gasteiger partial charge in [-0.25, -0.2) is 0 Å². The number of ether oxygens (including phenoxy) is 1. The van der Waals surface area contributed by atoms with Crippen LogP contribution in [0.4, 0.5) is 0 Å². The second-order valence-electron chi connectivity index (χ2n) is 3.76. The van der Waals surface area contributed by atoms with Gasteiger partial charge in [-0.3, -0.25) is 0 Å². The maximum atomic E-state index is 9.26. The Bertz CT molecular complexity index is 264. The zero-order valence-electron chi connectivity index (χ0n) is 9.03. The molecule has 0 fully saturated rings. The van der Waals surface area contributed by atoms with E-state index in [1.807, 2.05) is 31.2 Å². The van der Waals surface area contributed by atoms with Crippen LogP contribution in [0.15, 0.2) is 24.3 Å². The van der Waals surface area contributed by atoms with Crippen LogP contribution in [0.1, 0.15) is 31.7 Å². The maximum absolute atomic E-state index is 9.26. The Balaban J connectivity index is 2.66. The standard InChI is InChI=1S/C12H18O2/c1-9(8-10(2)13)11-4-6-12(14-3)7-5-11/h4-7,9-10,13H,8H2,1-3H3/t9-,10+/m0/s1. The summed E-state index contributed by atoms with van der Waals surface area (Å²) in [6.07, 6.45) is 0.555. The molecule has 2 nitrogen and oxygen atoms in total. The van der Waals surface area contributed by atoms with Crippen molar-refractivity contribution in [1.82, 2.24) is 0 Å². The molecular weight excluding hydrogens is 176 g/mol. The monoisotopic (exact) mass is 194 g/mol. The molecule has 0 aromatic heterocycles. The molecule has 0 saturated carbocycles. The third-order valence-electron chi connectivity index (χ3n) is 2.38. The fourth-order valence-corrected chi connectivity index (χ4v) is 1.58. The Morgan fingerprint density at radius 3 is 2.21 bits per heavy atom. The van der Waals surface area contributed by atoms with Crippen molar-refractivity contribution >= 4 is 0 Å². The molecule has 2 atom stereocenters. The first kappa shape index (κ1) is 11.1. The summed E-state index contributed by atoms with van der Waals surface area (Å²) >= 11 is 0. The van der Waals surface area contributed by atoms with Gasteiger partial charge in [0.2, 0.25) is 0 Å². The molecule has 1 aromatic rings. The first-order chi connectivity index (χ1) is 6.63. The summed E-state index contributed by atoms with van der Waals surface area (Å²) in [6, 6.07) is 8.00. The molecule has 0 amide bonds. The minimum atomic E-state index is -0.243. The predicted molar refractivity (Wildman–Crippen MR) is 57.7 cm³/mol. The largest absolute Gasteiger partial charge is 0.497 e. The zero-order chi connectivity index (χ0) is 10.6. The second kappa shape index (κ2) is 5.01. The van der Waals surface area contributed by atoms with Crippen molar-refractivity contribution in [3.8, 4) is 5.75 Å². The van der Waals surface area contributed by atoms with Crippen LogP contribution < -0.4 is 4.74 Å². The molecule has 0 radical (unpaired) electrons. The third-order valence-corrected chi connectivity index (χ3v) is 2.38. The topological polar surface area (TPSA) is 29.5 Å². The van der Waals surface area contributed by atoms with Gasteiger partial charge in [-0.05, 0) is 37.0 Å². The number of benzene rings is 1. The van der Waals surface area contributed by atoms with Crippen LogP contribution in [0.2, 0.25) is 0 Å². The highest BCUT2D eigenvalue weighted by molar-refractivity contribution is 5.29. The van der Waals surface area contributed by atoms with Gasteiger partial charge < -0.3 is 9.84 Å². The van der Waals surface area contributed by atoms with Crippen molar-refractivity contribution in [1.29, 1.82) is 0 Å². The van der Waals surface area contributed by atoms with Gasteiger partial charge in [0.25, 0.3) is 0 Å². The van der Waals surface area contributed by atoms with Crippen LogP contribution in [0.5, 0.6) is 5.75 Å². The lowest BCUT2D eigenvalue weighted by Crippen LogP contribution is -2.05. The molecule has 0 spiro atoms. The normalized spacial score (nSPS) is 14.9. The van der Waals surface area contributed by atoms with E-state index in [1.165, 1.54) is 5.56 Å². The van der Waals surface area contributed by atoms with Crippen LogP contribution in [0.25, 0.3) is 0 Å². The van der Waals surface area contributed by atoms with Crippen molar-refractivity contribution in [3.63, 3.8) is 0 Å². The van der Waals surface area contributed by atoms with E-state index in [0.29, 0.717) is 5.92 Å². The van der Waals surface area contributed by atoms with Gasteiger partial charge >= 0.3 is 0 Å². The van der Waals surface area contributed by atoms with Crippen molar-refractivity contribution < 1.29 is 9.84 Å². The SMILES string of the molecule is COc1ccc([C@@H](C)C[C@@H](C)O)cc1. The molecule has 14 heavy (non-hydrogen) atoms. The fourth-order valence-electron chi connectivity index (χ4n) is 1.58. The number of aliphatic hydroxyl groups is 1. The smallest absolute Gasteiger partial charge is 0.118 e. The highest BCUT2D eigenvalue weighted by atomic mass is 16.5. The first-order valence-electron chi connectivity index (χ1n) is 4.95. The quantitative estimate of drug-likeness (QED) is 0.798. The van der Waals surface area contributed by atoms with E-state index >= 15 is 0 Å². The lowest BCUT2D eigenvalue weighted by Gasteiger charge is -2.13. The molecule has 78 valence electrons. The van der Waals surface area contributed by atoms with Crippen LogP contribution in [0.3, 0.4) is 0 Å². The molecule has 0 aliphatic rings. The number of rotatable bonds is 4. The summed E-state index contributed by atoms with van der Waals surface area (Å²) in [6.45, 7) is 3.94. The van der Waals surface area contributed by atoms with Crippen LogP contribution in [-0.2, 0) is 0 Å². The Hall–Kier alpha value is -1.02. The minimum absolute atomic E-state index is 0.243. The second-order valence-corrected chi connectivity index (χ2v) is 3.76. The molecule has 0 aliphatic heterocycles. The summed E-state index contributed by atoms with van der Waals surface area (Å²) in [5, 5.41) is 9.26. The van der Waals surface area contributed by atoms with Gasteiger partial charge in [0.1, 0.15) is 5.75 Å². The molecular formula is C12H18O2. The molecule has 0 unspecified atom stereocenters. The fraction of sp³-hybridized carbons (Fsp3) is 0.500. The van der Waals surface area contributed by atoms with Crippen molar-refractivity contribution in [2.24, 2.45) is 0 Å². The summed E-state index contributed by atoms with van der Waals surface area (Å²) < 4.78 is 5.08. The van der Waals surface area contributed by atoms with Crippen molar-refractivity contribution in [2.75, 3.05) is 7.11 Å². The Kier molecular flexibility index (Phi) is 3.96. The Morgan fingerprint density at radius 1 is 1.21 bits per heavy atom. The summed E-state index contributed by atoms with van der Waals surface area (Å²) in [5.74, 6) is 1.26. The van der Waals surface area contributed by atoms with E-state index in [-0.39, 0.29) is 6.10 Å². The van der Waals surface area contributed by atoms with Crippen molar-refractivity contribution in [2.45, 2.75) is 32.3 Å². The van der Waals surface area contributed by atoms with Crippen LogP contribution in [0, 0.1) is 0 Å². The average Bonchev–Trinajstić information content (AvgIpc) is 2.17. The lowest BCUT2D eigenvalue weighted by molar-refractivity contribution is 0.176. The van der Waals surface area contributed by atoms with Gasteiger partial charge in [0.05, 0.1) is 13.2 Å². The molecule has 1 rings (SSSR count). The molecule has 0 heterocycles. The van der Waals surface area contributed by atoms with Gasteiger partial charge in [-0.15, -0.1) is 0 Å². The summed E-state index contributed by atoms with van der Waals surface area (Å²) in [7, 11) is 1.66. The maximum Gasteiger partial charge on any atom is 0.118 e. The van der Waals surface area contributed by atoms with E-state index in [1.54, 1.807) is 7.11 Å². The van der Waals surface area contributed by atoms with Crippen LogP contribution in [-0.4, -0.2) is 18.3 Å². The number of methoxy groups -OCH3 is 1. The van der Waals surface area contributed by atoms with Gasteiger partial charge in [-0.2, -0.15) is 0 Å². The molecule has 0 saturated heterocycles. The first-order valence-corrected chi connectivity index (χ1v) is 4.95. The lowest BCUT2D eigenvalue weighted by atomic mass is 9.95. The van der Waals surface area contributed by atoms with Gasteiger partial charge in [-0.1, -0.05) is 19.1 Å². The third kappa shape index (κ3) is 3.04. The molecule has 0 aliphatic carbocycles. The molecule has 1 aromatic carbocycles. The van der Waals surface area contributed by atoms with E-state index in [4.69, 9.17) is 4.74 Å². The Labute approximate surface area is 85.5 Å². The average molecular weight is 194 g/mol. The molecule has 0 bridgehead atoms. The number of hydrogen-bond donors (Lipinski definition) is 1. The highest BCUT2D eigenvalue weighted by Crippen LogP contribution is 2.22. The van der Waals surface area contributed by atoms with E-state index in [9.17, 15) is 5.11 Å². The summed E-state index contributed by atoms with van der Waals surface area (Å²) in [4.78, 5) is 0. The van der Waals surface area contributed by atoms with E-state index in [0.717, 1.165) is 12.2 Å². The Morgan fingerprint density at radius 2 is 1.79 bits per heavy atom. The van der Waals surface area contributed by atoms with Gasteiger partial charge in [0.15, 0.2) is 0 Å². The molecule has 1 N–H and O–H groups in total. The van der Waals surface area contributed by atoms with Crippen LogP contribution >= 0.6 is 0 Å². The number of hydrogen-bond acceptors (Lipinski definition) is 2. The van der Waals surface area contributed by atoms with E-state index < -0.39 is 0 Å². The van der Waals surface area contributed by atoms with Crippen molar-refractivity contribution in [3.05, 3.63) is 29.8 Å². The predicted octanol–water partition coefficient (Wildman–Crippen LogP) is 2.57. The summed E-state index contributed by atoms with van der Waals surface area (Å²) in [5.41, 5.74) is 1.24. The zero-order valence-corrected chi connectivity index (χ0v) is 9.03. The minimum Gasteiger partial charge on any atom is -0.497 e. The highest BCUT2D eigenvalue weighted by Gasteiger charge is 2.08. The van der Waals surface area contributed by atoms with E-state index in [2.05, 4.69) is 6.92 Å². The van der Waals surface area contributed by atoms with Gasteiger partial charge in [0, 0.05) is 0 Å². The molecule has 2 heteroatoms.